The van der Waals surface area contributed by atoms with Crippen LogP contribution in [-0.2, 0) is 21.2 Å². The molecule has 3 rings (SSSR count). The van der Waals surface area contributed by atoms with E-state index >= 15 is 0 Å². The first-order valence-corrected chi connectivity index (χ1v) is 11.4. The van der Waals surface area contributed by atoms with Gasteiger partial charge in [-0.25, -0.2) is 8.42 Å². The smallest absolute Gasteiger partial charge is 0.262 e. The molecule has 0 spiro atoms. The number of ether oxygens (including phenoxy) is 1. The molecule has 0 fully saturated rings. The van der Waals surface area contributed by atoms with E-state index in [1.54, 1.807) is 43.3 Å². The molecule has 30 heavy (non-hydrogen) atoms. The first-order valence-electron chi connectivity index (χ1n) is 9.09. The van der Waals surface area contributed by atoms with E-state index in [4.69, 9.17) is 4.74 Å². The van der Waals surface area contributed by atoms with Crippen LogP contribution in [0, 0.1) is 6.92 Å². The molecule has 0 aliphatic carbocycles. The molecule has 0 atom stereocenters. The molecule has 0 radical (unpaired) electrons. The number of para-hydroxylation sites is 2. The van der Waals surface area contributed by atoms with Crippen molar-refractivity contribution in [3.05, 3.63) is 82.3 Å². The highest BCUT2D eigenvalue weighted by atomic mass is 79.9. The predicted molar refractivity (Wildman–Crippen MR) is 121 cm³/mol. The number of hydrogen-bond acceptors (Lipinski definition) is 4. The molecular formula is C22H21BrN2O4S. The van der Waals surface area contributed by atoms with E-state index in [-0.39, 0.29) is 17.2 Å². The van der Waals surface area contributed by atoms with E-state index < -0.39 is 10.0 Å². The molecule has 0 aliphatic rings. The van der Waals surface area contributed by atoms with Gasteiger partial charge in [-0.15, -0.1) is 0 Å². The summed E-state index contributed by atoms with van der Waals surface area (Å²) in [5, 5.41) is 2.76. The van der Waals surface area contributed by atoms with Crippen LogP contribution in [0.3, 0.4) is 0 Å². The van der Waals surface area contributed by atoms with E-state index in [0.29, 0.717) is 22.7 Å². The fourth-order valence-corrected chi connectivity index (χ4v) is 4.50. The molecule has 3 aromatic carbocycles. The predicted octanol–water partition coefficient (Wildman–Crippen LogP) is 4.75. The Balaban J connectivity index is 1.80. The Bertz CT molecular complexity index is 1160. The van der Waals surface area contributed by atoms with Gasteiger partial charge in [-0.2, -0.15) is 0 Å². The standard InChI is InChI=1S/C22H21BrN2O4S/c1-15-7-12-18(24-22(26)13-16-8-10-17(23)11-9-16)14-21(15)30(27,28)25-19-5-3-4-6-20(19)29-2/h3-12,14,25H,13H2,1-2H3,(H,24,26). The summed E-state index contributed by atoms with van der Waals surface area (Å²) in [6, 6.07) is 19.0. The van der Waals surface area contributed by atoms with Crippen LogP contribution in [0.1, 0.15) is 11.1 Å². The lowest BCUT2D eigenvalue weighted by molar-refractivity contribution is -0.115. The van der Waals surface area contributed by atoms with Crippen molar-refractivity contribution in [2.24, 2.45) is 0 Å². The molecule has 0 heterocycles. The monoisotopic (exact) mass is 488 g/mol. The normalized spacial score (nSPS) is 11.0. The van der Waals surface area contributed by atoms with Gasteiger partial charge in [-0.3, -0.25) is 9.52 Å². The molecule has 0 aliphatic heterocycles. The van der Waals surface area contributed by atoms with E-state index in [1.807, 2.05) is 24.3 Å². The number of aryl methyl sites for hydroxylation is 1. The van der Waals surface area contributed by atoms with Crippen LogP contribution in [0.25, 0.3) is 0 Å². The summed E-state index contributed by atoms with van der Waals surface area (Å²) in [5.41, 5.74) is 2.16. The topological polar surface area (TPSA) is 84.5 Å². The van der Waals surface area contributed by atoms with Crippen molar-refractivity contribution in [2.75, 3.05) is 17.1 Å². The molecule has 156 valence electrons. The lowest BCUT2D eigenvalue weighted by Gasteiger charge is -2.14. The maximum absolute atomic E-state index is 13.0. The number of carbonyl (C=O) groups is 1. The summed E-state index contributed by atoms with van der Waals surface area (Å²) in [6.45, 7) is 1.70. The van der Waals surface area contributed by atoms with Crippen LogP contribution in [0.4, 0.5) is 11.4 Å². The van der Waals surface area contributed by atoms with Gasteiger partial charge in [0.1, 0.15) is 5.75 Å². The first kappa shape index (κ1) is 21.9. The molecule has 8 heteroatoms. The van der Waals surface area contributed by atoms with Crippen LogP contribution in [0.15, 0.2) is 76.1 Å². The highest BCUT2D eigenvalue weighted by molar-refractivity contribution is 9.10. The number of benzene rings is 3. The fraction of sp³-hybridized carbons (Fsp3) is 0.136. The van der Waals surface area contributed by atoms with Crippen molar-refractivity contribution in [2.45, 2.75) is 18.2 Å². The minimum atomic E-state index is -3.89. The number of sulfonamides is 1. The fourth-order valence-electron chi connectivity index (χ4n) is 2.89. The summed E-state index contributed by atoms with van der Waals surface area (Å²) < 4.78 is 34.6. The molecule has 0 saturated heterocycles. The van der Waals surface area contributed by atoms with E-state index in [1.165, 1.54) is 13.2 Å². The van der Waals surface area contributed by atoms with E-state index in [2.05, 4.69) is 26.0 Å². The van der Waals surface area contributed by atoms with Crippen LogP contribution < -0.4 is 14.8 Å². The number of hydrogen-bond donors (Lipinski definition) is 2. The van der Waals surface area contributed by atoms with Crippen molar-refractivity contribution in [3.8, 4) is 5.75 Å². The molecule has 2 N–H and O–H groups in total. The first-order chi connectivity index (χ1) is 14.3. The van der Waals surface area contributed by atoms with Gasteiger partial charge in [0.05, 0.1) is 24.1 Å². The Morgan fingerprint density at radius 3 is 2.43 bits per heavy atom. The zero-order valence-electron chi connectivity index (χ0n) is 16.5. The van der Waals surface area contributed by atoms with Gasteiger partial charge in [0.2, 0.25) is 5.91 Å². The van der Waals surface area contributed by atoms with Crippen LogP contribution >= 0.6 is 15.9 Å². The molecule has 6 nitrogen and oxygen atoms in total. The SMILES string of the molecule is COc1ccccc1NS(=O)(=O)c1cc(NC(=O)Cc2ccc(Br)cc2)ccc1C. The molecule has 0 unspecified atom stereocenters. The second-order valence-electron chi connectivity index (χ2n) is 6.64. The maximum atomic E-state index is 13.0. The maximum Gasteiger partial charge on any atom is 0.262 e. The summed E-state index contributed by atoms with van der Waals surface area (Å²) >= 11 is 3.36. The molecule has 0 aromatic heterocycles. The van der Waals surface area contributed by atoms with E-state index in [0.717, 1.165) is 10.0 Å². The zero-order chi connectivity index (χ0) is 21.7. The average molecular weight is 489 g/mol. The summed E-state index contributed by atoms with van der Waals surface area (Å²) in [4.78, 5) is 12.5. The van der Waals surface area contributed by atoms with Gasteiger partial charge in [0.15, 0.2) is 0 Å². The van der Waals surface area contributed by atoms with E-state index in [9.17, 15) is 13.2 Å². The minimum Gasteiger partial charge on any atom is -0.495 e. The van der Waals surface area contributed by atoms with Gasteiger partial charge >= 0.3 is 0 Å². The van der Waals surface area contributed by atoms with Crippen LogP contribution in [0.5, 0.6) is 5.75 Å². The largest absolute Gasteiger partial charge is 0.495 e. The van der Waals surface area contributed by atoms with Gasteiger partial charge in [0, 0.05) is 10.2 Å². The van der Waals surface area contributed by atoms with Crippen molar-refractivity contribution in [1.82, 2.24) is 0 Å². The highest BCUT2D eigenvalue weighted by Gasteiger charge is 2.20. The molecule has 0 saturated carbocycles. The minimum absolute atomic E-state index is 0.0786. The Morgan fingerprint density at radius 2 is 1.73 bits per heavy atom. The van der Waals surface area contributed by atoms with Crippen LogP contribution in [-0.4, -0.2) is 21.4 Å². The van der Waals surface area contributed by atoms with Crippen molar-refractivity contribution in [3.63, 3.8) is 0 Å². The van der Waals surface area contributed by atoms with Gasteiger partial charge in [0.25, 0.3) is 10.0 Å². The van der Waals surface area contributed by atoms with Gasteiger partial charge in [-0.05, 0) is 54.4 Å². The number of anilines is 2. The Kier molecular flexibility index (Phi) is 6.79. The number of amides is 1. The number of carbonyl (C=O) groups excluding carboxylic acids is 1. The number of methoxy groups -OCH3 is 1. The van der Waals surface area contributed by atoms with Gasteiger partial charge < -0.3 is 10.1 Å². The lowest BCUT2D eigenvalue weighted by atomic mass is 10.1. The molecular weight excluding hydrogens is 468 g/mol. The van der Waals surface area contributed by atoms with Crippen molar-refractivity contribution in [1.29, 1.82) is 0 Å². The van der Waals surface area contributed by atoms with Gasteiger partial charge in [-0.1, -0.05) is 46.3 Å². The highest BCUT2D eigenvalue weighted by Crippen LogP contribution is 2.28. The number of nitrogens with one attached hydrogen (secondary N) is 2. The summed E-state index contributed by atoms with van der Waals surface area (Å²) in [7, 11) is -2.41. The third-order valence-electron chi connectivity index (χ3n) is 4.39. The second-order valence-corrected chi connectivity index (χ2v) is 9.20. The number of rotatable bonds is 7. The third kappa shape index (κ3) is 5.40. The Morgan fingerprint density at radius 1 is 1.03 bits per heavy atom. The molecule has 3 aromatic rings. The molecule has 0 bridgehead atoms. The Hall–Kier alpha value is -2.84. The Labute approximate surface area is 184 Å². The average Bonchev–Trinajstić information content (AvgIpc) is 2.71. The zero-order valence-corrected chi connectivity index (χ0v) is 18.9. The number of halogens is 1. The summed E-state index contributed by atoms with van der Waals surface area (Å²) in [5.74, 6) is 0.180. The van der Waals surface area contributed by atoms with Crippen molar-refractivity contribution < 1.29 is 17.9 Å². The third-order valence-corrected chi connectivity index (χ3v) is 6.43. The van der Waals surface area contributed by atoms with Crippen LogP contribution in [0.2, 0.25) is 0 Å². The second kappa shape index (κ2) is 9.32. The molecule has 1 amide bonds. The lowest BCUT2D eigenvalue weighted by Crippen LogP contribution is -2.17. The van der Waals surface area contributed by atoms with Crippen molar-refractivity contribution >= 4 is 43.2 Å². The summed E-state index contributed by atoms with van der Waals surface area (Å²) in [6.07, 6.45) is 0.183. The quantitative estimate of drug-likeness (QED) is 0.502.